The molecule has 0 radical (unpaired) electrons. The number of piperidine rings is 1. The molecule has 3 aliphatic rings. The van der Waals surface area contributed by atoms with Crippen LogP contribution >= 0.6 is 0 Å². The standard InChI is InChI=1S/C27H35N3O5/c1-33-20-27-12-5-6-15-29(26(32)22-9-7-11-24(28-22)34-2)18-19-35-23-10-4-3-8-21(23)25(31)30(16-13-27)17-14-27/h3-4,7-11H,5-6,12-20H2,1-2H3. The molecule has 1 fully saturated rings. The molecule has 0 atom stereocenters. The predicted octanol–water partition coefficient (Wildman–Crippen LogP) is 3.66. The summed E-state index contributed by atoms with van der Waals surface area (Å²) in [4.78, 5) is 34.7. The molecule has 0 N–H and O–H groups in total. The molecule has 1 saturated heterocycles. The van der Waals surface area contributed by atoms with Gasteiger partial charge in [-0.05, 0) is 49.3 Å². The van der Waals surface area contributed by atoms with Crippen molar-refractivity contribution in [1.29, 1.82) is 0 Å². The van der Waals surface area contributed by atoms with E-state index in [4.69, 9.17) is 14.2 Å². The maximum absolute atomic E-state index is 13.3. The van der Waals surface area contributed by atoms with Crippen molar-refractivity contribution in [2.24, 2.45) is 5.41 Å². The molecule has 1 aromatic carbocycles. The van der Waals surface area contributed by atoms with E-state index >= 15 is 0 Å². The summed E-state index contributed by atoms with van der Waals surface area (Å²) in [6, 6.07) is 12.6. The van der Waals surface area contributed by atoms with Gasteiger partial charge in [0.1, 0.15) is 18.1 Å². The lowest BCUT2D eigenvalue weighted by Crippen LogP contribution is -2.45. The van der Waals surface area contributed by atoms with Crippen molar-refractivity contribution in [3.63, 3.8) is 0 Å². The van der Waals surface area contributed by atoms with E-state index in [0.717, 1.165) is 32.1 Å². The molecule has 3 aliphatic heterocycles. The molecule has 8 heteroatoms. The zero-order valence-corrected chi connectivity index (χ0v) is 20.7. The number of carbonyl (C=O) groups is 2. The molecule has 2 aromatic rings. The number of aromatic nitrogens is 1. The molecule has 2 amide bonds. The van der Waals surface area contributed by atoms with E-state index in [1.165, 1.54) is 7.11 Å². The molecular formula is C27H35N3O5. The summed E-state index contributed by atoms with van der Waals surface area (Å²) in [5.74, 6) is 0.799. The Morgan fingerprint density at radius 3 is 2.57 bits per heavy atom. The molecule has 188 valence electrons. The summed E-state index contributed by atoms with van der Waals surface area (Å²) in [5.41, 5.74) is 0.972. The topological polar surface area (TPSA) is 81.2 Å². The van der Waals surface area contributed by atoms with Gasteiger partial charge in [0.15, 0.2) is 0 Å². The lowest BCUT2D eigenvalue weighted by Gasteiger charge is -2.41. The lowest BCUT2D eigenvalue weighted by atomic mass is 9.75. The first-order valence-corrected chi connectivity index (χ1v) is 12.4. The van der Waals surface area contributed by atoms with Gasteiger partial charge in [0.2, 0.25) is 5.88 Å². The first kappa shape index (κ1) is 25.0. The van der Waals surface area contributed by atoms with E-state index in [2.05, 4.69) is 4.98 Å². The van der Waals surface area contributed by atoms with Gasteiger partial charge in [0.25, 0.3) is 11.8 Å². The second kappa shape index (κ2) is 11.5. The van der Waals surface area contributed by atoms with Crippen LogP contribution in [-0.2, 0) is 4.74 Å². The molecular weight excluding hydrogens is 446 g/mol. The van der Waals surface area contributed by atoms with Crippen LogP contribution in [0.4, 0.5) is 0 Å². The van der Waals surface area contributed by atoms with Gasteiger partial charge in [0.05, 0.1) is 25.8 Å². The monoisotopic (exact) mass is 481 g/mol. The van der Waals surface area contributed by atoms with E-state index in [1.54, 1.807) is 30.2 Å². The van der Waals surface area contributed by atoms with Crippen LogP contribution in [0.5, 0.6) is 11.6 Å². The minimum atomic E-state index is -0.153. The average molecular weight is 482 g/mol. The van der Waals surface area contributed by atoms with Gasteiger partial charge >= 0.3 is 0 Å². The fourth-order valence-corrected chi connectivity index (χ4v) is 5.09. The van der Waals surface area contributed by atoms with E-state index in [0.29, 0.717) is 55.7 Å². The summed E-state index contributed by atoms with van der Waals surface area (Å²) in [7, 11) is 3.28. The van der Waals surface area contributed by atoms with Crippen LogP contribution in [0.1, 0.15) is 53.0 Å². The highest BCUT2D eigenvalue weighted by Gasteiger charge is 2.36. The number of nitrogens with zero attached hydrogens (tertiary/aromatic N) is 3. The van der Waals surface area contributed by atoms with Crippen LogP contribution in [0.15, 0.2) is 42.5 Å². The first-order chi connectivity index (χ1) is 17.0. The van der Waals surface area contributed by atoms with Crippen molar-refractivity contribution in [2.75, 3.05) is 53.6 Å². The Hall–Kier alpha value is -3.13. The van der Waals surface area contributed by atoms with Crippen molar-refractivity contribution >= 4 is 11.8 Å². The third-order valence-corrected chi connectivity index (χ3v) is 7.12. The number of fused-ring (bicyclic) bond motifs is 9. The molecule has 0 spiro atoms. The van der Waals surface area contributed by atoms with Crippen molar-refractivity contribution in [1.82, 2.24) is 14.8 Å². The Balaban J connectivity index is 1.58. The smallest absolute Gasteiger partial charge is 0.272 e. The second-order valence-corrected chi connectivity index (χ2v) is 9.38. The zero-order valence-electron chi connectivity index (χ0n) is 20.7. The van der Waals surface area contributed by atoms with E-state index in [1.807, 2.05) is 29.2 Å². The number of ether oxygens (including phenoxy) is 3. The Morgan fingerprint density at radius 2 is 1.80 bits per heavy atom. The molecule has 5 rings (SSSR count). The molecule has 8 nitrogen and oxygen atoms in total. The second-order valence-electron chi connectivity index (χ2n) is 9.38. The third kappa shape index (κ3) is 5.93. The van der Waals surface area contributed by atoms with E-state index in [9.17, 15) is 9.59 Å². The summed E-state index contributed by atoms with van der Waals surface area (Å²) in [6.45, 7) is 3.40. The highest BCUT2D eigenvalue weighted by atomic mass is 16.5. The SMILES string of the molecule is COCC12CCCCN(C(=O)c3cccc(OC)n3)CCOc3ccccc3C(=O)N(CC1)CC2. The number of para-hydroxylation sites is 1. The van der Waals surface area contributed by atoms with E-state index in [-0.39, 0.29) is 23.8 Å². The fourth-order valence-electron chi connectivity index (χ4n) is 5.09. The largest absolute Gasteiger partial charge is 0.491 e. The first-order valence-electron chi connectivity index (χ1n) is 12.4. The zero-order chi connectivity index (χ0) is 24.7. The normalized spacial score (nSPS) is 18.7. The van der Waals surface area contributed by atoms with Gasteiger partial charge in [-0.1, -0.05) is 24.6 Å². The summed E-state index contributed by atoms with van der Waals surface area (Å²) in [5, 5.41) is 0. The van der Waals surface area contributed by atoms with Gasteiger partial charge in [0, 0.05) is 32.8 Å². The maximum atomic E-state index is 13.3. The third-order valence-electron chi connectivity index (χ3n) is 7.12. The molecule has 35 heavy (non-hydrogen) atoms. The Labute approximate surface area is 207 Å². The molecule has 0 saturated carbocycles. The number of hydrogen-bond donors (Lipinski definition) is 0. The molecule has 2 bridgehead atoms. The van der Waals surface area contributed by atoms with Gasteiger partial charge in [-0.2, -0.15) is 0 Å². The van der Waals surface area contributed by atoms with Crippen LogP contribution in [0.3, 0.4) is 0 Å². The predicted molar refractivity (Wildman–Crippen MR) is 132 cm³/mol. The van der Waals surface area contributed by atoms with Crippen molar-refractivity contribution < 1.29 is 23.8 Å². The number of methoxy groups -OCH3 is 2. The molecule has 4 heterocycles. The maximum Gasteiger partial charge on any atom is 0.272 e. The van der Waals surface area contributed by atoms with Crippen LogP contribution in [-0.4, -0.2) is 80.2 Å². The number of benzene rings is 1. The van der Waals surface area contributed by atoms with Crippen LogP contribution in [0.2, 0.25) is 0 Å². The van der Waals surface area contributed by atoms with Crippen LogP contribution < -0.4 is 9.47 Å². The van der Waals surface area contributed by atoms with E-state index < -0.39 is 0 Å². The lowest BCUT2D eigenvalue weighted by molar-refractivity contribution is 0.0136. The van der Waals surface area contributed by atoms with Crippen LogP contribution in [0, 0.1) is 5.41 Å². The highest BCUT2D eigenvalue weighted by Crippen LogP contribution is 2.38. The number of hydrogen-bond acceptors (Lipinski definition) is 6. The van der Waals surface area contributed by atoms with Gasteiger partial charge in [-0.15, -0.1) is 0 Å². The molecule has 1 aromatic heterocycles. The number of carbonyl (C=O) groups excluding carboxylic acids is 2. The quantitative estimate of drug-likeness (QED) is 0.663. The van der Waals surface area contributed by atoms with Crippen molar-refractivity contribution in [3.05, 3.63) is 53.7 Å². The minimum absolute atomic E-state index is 0.00463. The Kier molecular flexibility index (Phi) is 8.23. The number of amides is 2. The highest BCUT2D eigenvalue weighted by molar-refractivity contribution is 5.97. The van der Waals surface area contributed by atoms with Gasteiger partial charge in [-0.3, -0.25) is 9.59 Å². The van der Waals surface area contributed by atoms with Crippen LogP contribution in [0.25, 0.3) is 0 Å². The molecule has 0 unspecified atom stereocenters. The minimum Gasteiger partial charge on any atom is -0.491 e. The van der Waals surface area contributed by atoms with Crippen molar-refractivity contribution in [2.45, 2.75) is 32.1 Å². The van der Waals surface area contributed by atoms with Gasteiger partial charge < -0.3 is 24.0 Å². The average Bonchev–Trinajstić information content (AvgIpc) is 2.90. The molecule has 0 aliphatic carbocycles. The fraction of sp³-hybridized carbons (Fsp3) is 0.519. The summed E-state index contributed by atoms with van der Waals surface area (Å²) >= 11 is 0. The number of pyridine rings is 1. The Bertz CT molecular complexity index is 1020. The number of rotatable bonds is 4. The summed E-state index contributed by atoms with van der Waals surface area (Å²) < 4.78 is 16.9. The van der Waals surface area contributed by atoms with Crippen molar-refractivity contribution in [3.8, 4) is 11.6 Å². The Morgan fingerprint density at radius 1 is 1.00 bits per heavy atom. The summed E-state index contributed by atoms with van der Waals surface area (Å²) in [6.07, 6.45) is 4.68. The van der Waals surface area contributed by atoms with Gasteiger partial charge in [-0.25, -0.2) is 4.98 Å².